The highest BCUT2D eigenvalue weighted by Crippen LogP contribution is 2.22. The van der Waals surface area contributed by atoms with E-state index in [-0.39, 0.29) is 30.2 Å². The van der Waals surface area contributed by atoms with Crippen LogP contribution in [0.4, 0.5) is 4.39 Å². The molecule has 1 aromatic rings. The van der Waals surface area contributed by atoms with Crippen molar-refractivity contribution in [2.75, 3.05) is 13.7 Å². The Kier molecular flexibility index (Phi) is 5.32. The van der Waals surface area contributed by atoms with Gasteiger partial charge in [0.15, 0.2) is 0 Å². The number of benzene rings is 1. The molecule has 1 aliphatic carbocycles. The molecule has 4 nitrogen and oxygen atoms in total. The summed E-state index contributed by atoms with van der Waals surface area (Å²) in [4.78, 5) is 12.3. The van der Waals surface area contributed by atoms with E-state index >= 15 is 0 Å². The van der Waals surface area contributed by atoms with Crippen LogP contribution in [0.1, 0.15) is 35.2 Å². The molecule has 1 saturated carbocycles. The minimum Gasteiger partial charge on any atom is -0.384 e. The van der Waals surface area contributed by atoms with Crippen molar-refractivity contribution in [1.29, 1.82) is 0 Å². The van der Waals surface area contributed by atoms with Crippen LogP contribution in [0, 0.1) is 17.7 Å². The number of carbonyl (C=O) groups is 1. The molecule has 0 saturated heterocycles. The third-order valence-corrected chi connectivity index (χ3v) is 3.60. The van der Waals surface area contributed by atoms with Crippen LogP contribution in [-0.4, -0.2) is 36.9 Å². The van der Waals surface area contributed by atoms with Crippen molar-refractivity contribution in [2.24, 2.45) is 0 Å². The maximum atomic E-state index is 13.3. The summed E-state index contributed by atoms with van der Waals surface area (Å²) in [6.45, 7) is -0.341. The Morgan fingerprint density at radius 3 is 3.05 bits per heavy atom. The third-order valence-electron chi connectivity index (χ3n) is 3.60. The van der Waals surface area contributed by atoms with Gasteiger partial charge in [-0.15, -0.1) is 0 Å². The molecule has 112 valence electrons. The monoisotopic (exact) mass is 291 g/mol. The molecule has 1 aliphatic rings. The fourth-order valence-electron chi connectivity index (χ4n) is 2.57. The van der Waals surface area contributed by atoms with Crippen LogP contribution in [0.3, 0.4) is 0 Å². The molecule has 0 aliphatic heterocycles. The SMILES string of the molecule is COC1CCCC1NC(=O)c1ccc(F)cc1C#CCO. The lowest BCUT2D eigenvalue weighted by atomic mass is 10.1. The van der Waals surface area contributed by atoms with Gasteiger partial charge in [0.2, 0.25) is 0 Å². The fourth-order valence-corrected chi connectivity index (χ4v) is 2.57. The average molecular weight is 291 g/mol. The van der Waals surface area contributed by atoms with E-state index in [1.54, 1.807) is 7.11 Å². The van der Waals surface area contributed by atoms with Gasteiger partial charge in [0, 0.05) is 12.7 Å². The Bertz CT molecular complexity index is 577. The second kappa shape index (κ2) is 7.21. The van der Waals surface area contributed by atoms with Gasteiger partial charge in [-0.1, -0.05) is 11.8 Å². The van der Waals surface area contributed by atoms with E-state index in [0.29, 0.717) is 5.56 Å². The molecule has 0 bridgehead atoms. The van der Waals surface area contributed by atoms with Crippen molar-refractivity contribution in [1.82, 2.24) is 5.32 Å². The first-order valence-electron chi connectivity index (χ1n) is 6.88. The zero-order valence-electron chi connectivity index (χ0n) is 11.9. The van der Waals surface area contributed by atoms with Crippen LogP contribution < -0.4 is 5.32 Å². The molecule has 1 fully saturated rings. The lowest BCUT2D eigenvalue weighted by Gasteiger charge is -2.20. The number of halogens is 1. The Hall–Kier alpha value is -1.90. The molecular formula is C16H18FNO3. The number of methoxy groups -OCH3 is 1. The summed E-state index contributed by atoms with van der Waals surface area (Å²) in [6, 6.07) is 3.79. The van der Waals surface area contributed by atoms with Crippen LogP contribution in [0.5, 0.6) is 0 Å². The number of hydrogen-bond donors (Lipinski definition) is 2. The largest absolute Gasteiger partial charge is 0.384 e. The average Bonchev–Trinajstić information content (AvgIpc) is 2.92. The van der Waals surface area contributed by atoms with E-state index in [2.05, 4.69) is 17.2 Å². The van der Waals surface area contributed by atoms with Gasteiger partial charge >= 0.3 is 0 Å². The van der Waals surface area contributed by atoms with Crippen LogP contribution in [0.2, 0.25) is 0 Å². The summed E-state index contributed by atoms with van der Waals surface area (Å²) < 4.78 is 18.6. The van der Waals surface area contributed by atoms with Crippen LogP contribution in [0.15, 0.2) is 18.2 Å². The molecule has 5 heteroatoms. The summed E-state index contributed by atoms with van der Waals surface area (Å²) in [5, 5.41) is 11.7. The molecule has 0 spiro atoms. The van der Waals surface area contributed by atoms with E-state index in [9.17, 15) is 9.18 Å². The zero-order valence-corrected chi connectivity index (χ0v) is 11.9. The van der Waals surface area contributed by atoms with Crippen molar-refractivity contribution in [2.45, 2.75) is 31.4 Å². The molecule has 2 N–H and O–H groups in total. The number of hydrogen-bond acceptors (Lipinski definition) is 3. The third kappa shape index (κ3) is 3.81. The Balaban J connectivity index is 2.18. The number of amides is 1. The summed E-state index contributed by atoms with van der Waals surface area (Å²) in [7, 11) is 1.63. The van der Waals surface area contributed by atoms with Gasteiger partial charge in [0.05, 0.1) is 17.7 Å². The van der Waals surface area contributed by atoms with Crippen molar-refractivity contribution in [3.8, 4) is 11.8 Å². The fraction of sp³-hybridized carbons (Fsp3) is 0.438. The standard InChI is InChI=1S/C16H18FNO3/c1-21-15-6-2-5-14(15)18-16(20)13-8-7-12(17)10-11(13)4-3-9-19/h7-8,10,14-15,19H,2,5-6,9H2,1H3,(H,18,20). The number of aliphatic hydroxyl groups excluding tert-OH is 1. The summed E-state index contributed by atoms with van der Waals surface area (Å²) in [5.74, 6) is 4.27. The van der Waals surface area contributed by atoms with Crippen molar-refractivity contribution < 1.29 is 19.0 Å². The van der Waals surface area contributed by atoms with Crippen LogP contribution in [-0.2, 0) is 4.74 Å². The number of aliphatic hydroxyl groups is 1. The van der Waals surface area contributed by atoms with Gasteiger partial charge < -0.3 is 15.2 Å². The van der Waals surface area contributed by atoms with Gasteiger partial charge in [0.1, 0.15) is 12.4 Å². The highest BCUT2D eigenvalue weighted by molar-refractivity contribution is 5.97. The molecule has 1 aromatic carbocycles. The lowest BCUT2D eigenvalue weighted by molar-refractivity contribution is 0.0722. The number of ether oxygens (including phenoxy) is 1. The number of carbonyl (C=O) groups excluding carboxylic acids is 1. The van der Waals surface area contributed by atoms with E-state index < -0.39 is 5.82 Å². The lowest BCUT2D eigenvalue weighted by Crippen LogP contribution is -2.41. The molecule has 0 heterocycles. The summed E-state index contributed by atoms with van der Waals surface area (Å²) in [6.07, 6.45) is 2.80. The molecule has 0 radical (unpaired) electrons. The first kappa shape index (κ1) is 15.5. The summed E-state index contributed by atoms with van der Waals surface area (Å²) >= 11 is 0. The molecule has 2 rings (SSSR count). The molecule has 2 atom stereocenters. The normalized spacial score (nSPS) is 20.7. The Labute approximate surface area is 123 Å². The molecule has 1 amide bonds. The minimum absolute atomic E-state index is 0.0152. The highest BCUT2D eigenvalue weighted by atomic mass is 19.1. The van der Waals surface area contributed by atoms with Gasteiger partial charge in [-0.05, 0) is 37.5 Å². The van der Waals surface area contributed by atoms with Crippen molar-refractivity contribution >= 4 is 5.91 Å². The predicted octanol–water partition coefficient (Wildman–Crippen LogP) is 1.47. The smallest absolute Gasteiger partial charge is 0.252 e. The maximum absolute atomic E-state index is 13.3. The van der Waals surface area contributed by atoms with Gasteiger partial charge in [-0.2, -0.15) is 0 Å². The molecule has 2 unspecified atom stereocenters. The Morgan fingerprint density at radius 2 is 2.33 bits per heavy atom. The van der Waals surface area contributed by atoms with Gasteiger partial charge in [0.25, 0.3) is 5.91 Å². The zero-order chi connectivity index (χ0) is 15.2. The quantitative estimate of drug-likeness (QED) is 0.829. The van der Waals surface area contributed by atoms with Crippen molar-refractivity contribution in [3.63, 3.8) is 0 Å². The molecule has 21 heavy (non-hydrogen) atoms. The second-order valence-electron chi connectivity index (χ2n) is 4.93. The van der Waals surface area contributed by atoms with E-state index in [0.717, 1.165) is 19.3 Å². The summed E-state index contributed by atoms with van der Waals surface area (Å²) in [5.41, 5.74) is 0.576. The topological polar surface area (TPSA) is 58.6 Å². The number of rotatable bonds is 3. The van der Waals surface area contributed by atoms with E-state index in [1.165, 1.54) is 18.2 Å². The van der Waals surface area contributed by atoms with Crippen LogP contribution in [0.25, 0.3) is 0 Å². The van der Waals surface area contributed by atoms with Crippen molar-refractivity contribution in [3.05, 3.63) is 35.1 Å². The Morgan fingerprint density at radius 1 is 1.52 bits per heavy atom. The van der Waals surface area contributed by atoms with E-state index in [1.807, 2.05) is 0 Å². The highest BCUT2D eigenvalue weighted by Gasteiger charge is 2.29. The minimum atomic E-state index is -0.468. The second-order valence-corrected chi connectivity index (χ2v) is 4.93. The van der Waals surface area contributed by atoms with Gasteiger partial charge in [-0.3, -0.25) is 4.79 Å². The molecule has 0 aromatic heterocycles. The van der Waals surface area contributed by atoms with Gasteiger partial charge in [-0.25, -0.2) is 4.39 Å². The molecular weight excluding hydrogens is 273 g/mol. The first-order chi connectivity index (χ1) is 10.2. The maximum Gasteiger partial charge on any atom is 0.252 e. The van der Waals surface area contributed by atoms with Crippen LogP contribution >= 0.6 is 0 Å². The number of nitrogens with one attached hydrogen (secondary N) is 1. The first-order valence-corrected chi connectivity index (χ1v) is 6.88. The predicted molar refractivity (Wildman–Crippen MR) is 76.3 cm³/mol. The van der Waals surface area contributed by atoms with E-state index in [4.69, 9.17) is 9.84 Å².